The van der Waals surface area contributed by atoms with Gasteiger partial charge in [-0.2, -0.15) is 0 Å². The van der Waals surface area contributed by atoms with Gasteiger partial charge in [0.2, 0.25) is 0 Å². The Morgan fingerprint density at radius 3 is 2.71 bits per heavy atom. The highest BCUT2D eigenvalue weighted by Gasteiger charge is 2.16. The highest BCUT2D eigenvalue weighted by Crippen LogP contribution is 2.25. The van der Waals surface area contributed by atoms with Crippen molar-refractivity contribution < 1.29 is 8.78 Å². The maximum absolute atomic E-state index is 14.2. The second kappa shape index (κ2) is 6.75. The summed E-state index contributed by atoms with van der Waals surface area (Å²) in [4.78, 5) is 17.2. The van der Waals surface area contributed by atoms with Crippen molar-refractivity contribution in [1.82, 2.24) is 9.55 Å². The van der Waals surface area contributed by atoms with Crippen LogP contribution in [-0.4, -0.2) is 15.3 Å². The van der Waals surface area contributed by atoms with Gasteiger partial charge in [-0.15, -0.1) is 0 Å². The molecule has 0 aliphatic rings. The smallest absolute Gasteiger partial charge is 0.266 e. The van der Waals surface area contributed by atoms with Crippen molar-refractivity contribution in [3.8, 4) is 5.69 Å². The molecule has 0 radical (unpaired) electrons. The van der Waals surface area contributed by atoms with E-state index in [-0.39, 0.29) is 10.8 Å². The zero-order chi connectivity index (χ0) is 17.3. The molecule has 0 unspecified atom stereocenters. The summed E-state index contributed by atoms with van der Waals surface area (Å²) in [6.45, 7) is 3.59. The fourth-order valence-electron chi connectivity index (χ4n) is 2.23. The van der Waals surface area contributed by atoms with Crippen molar-refractivity contribution in [3.05, 3.63) is 76.1 Å². The van der Waals surface area contributed by atoms with Crippen LogP contribution in [0.2, 0.25) is 0 Å². The highest BCUT2D eigenvalue weighted by atomic mass is 35.5. The lowest BCUT2D eigenvalue weighted by atomic mass is 10.2. The second-order valence-corrected chi connectivity index (χ2v) is 6.43. The third-order valence-corrected chi connectivity index (χ3v) is 4.57. The van der Waals surface area contributed by atoms with Gasteiger partial charge >= 0.3 is 0 Å². The quantitative estimate of drug-likeness (QED) is 0.504. The lowest BCUT2D eigenvalue weighted by Crippen LogP contribution is -2.22. The molecule has 0 amide bonds. The van der Waals surface area contributed by atoms with Crippen molar-refractivity contribution in [1.29, 1.82) is 0 Å². The fourth-order valence-corrected chi connectivity index (χ4v) is 3.15. The zero-order valence-corrected chi connectivity index (χ0v) is 13.9. The van der Waals surface area contributed by atoms with E-state index in [1.165, 1.54) is 6.07 Å². The van der Waals surface area contributed by atoms with Crippen LogP contribution in [0.25, 0.3) is 16.6 Å². The van der Waals surface area contributed by atoms with Gasteiger partial charge in [0.1, 0.15) is 11.6 Å². The van der Waals surface area contributed by atoms with Crippen LogP contribution in [0.15, 0.2) is 64.0 Å². The molecule has 3 aromatic rings. The summed E-state index contributed by atoms with van der Waals surface area (Å²) in [7, 11) is 0. The van der Waals surface area contributed by atoms with Crippen LogP contribution in [0.3, 0.4) is 0 Å². The number of hydrogen-bond donors (Lipinski definition) is 0. The Hall–Kier alpha value is -2.18. The van der Waals surface area contributed by atoms with Crippen LogP contribution in [-0.2, 0) is 0 Å². The van der Waals surface area contributed by atoms with E-state index in [1.807, 2.05) is 0 Å². The van der Waals surface area contributed by atoms with Crippen LogP contribution in [0, 0.1) is 11.6 Å². The molecule has 0 atom stereocenters. The van der Waals surface area contributed by atoms with Gasteiger partial charge in [0.05, 0.1) is 16.6 Å². The van der Waals surface area contributed by atoms with Crippen molar-refractivity contribution in [2.75, 3.05) is 5.75 Å². The minimum absolute atomic E-state index is 0.0673. The molecule has 1 aromatic heterocycles. The summed E-state index contributed by atoms with van der Waals surface area (Å²) in [5.41, 5.74) is -0.0138. The summed E-state index contributed by atoms with van der Waals surface area (Å²) in [6.07, 6.45) is 0. The molecule has 1 heterocycles. The largest absolute Gasteiger partial charge is 0.268 e. The Labute approximate surface area is 145 Å². The van der Waals surface area contributed by atoms with Crippen LogP contribution >= 0.6 is 23.4 Å². The molecule has 0 saturated carbocycles. The van der Waals surface area contributed by atoms with Crippen molar-refractivity contribution in [2.24, 2.45) is 0 Å². The predicted octanol–water partition coefficient (Wildman–Crippen LogP) is 4.51. The van der Waals surface area contributed by atoms with E-state index in [0.717, 1.165) is 28.5 Å². The third-order valence-electron chi connectivity index (χ3n) is 3.25. The first-order valence-corrected chi connectivity index (χ1v) is 8.27. The molecule has 0 bridgehead atoms. The first-order valence-electron chi connectivity index (χ1n) is 6.90. The molecule has 0 fully saturated rings. The zero-order valence-electron chi connectivity index (χ0n) is 12.3. The molecule has 0 saturated heterocycles. The Kier molecular flexibility index (Phi) is 4.69. The number of thioether (sulfide) groups is 1. The molecule has 0 aliphatic heterocycles. The maximum atomic E-state index is 14.2. The third kappa shape index (κ3) is 3.20. The molecule has 0 spiro atoms. The Morgan fingerprint density at radius 1 is 1.25 bits per heavy atom. The SMILES string of the molecule is C=C(Cl)CSc1nc2ccccc2c(=O)n1-c1ccc(F)cc1F. The summed E-state index contributed by atoms with van der Waals surface area (Å²) in [6, 6.07) is 9.79. The monoisotopic (exact) mass is 364 g/mol. The van der Waals surface area contributed by atoms with E-state index in [1.54, 1.807) is 24.3 Å². The maximum Gasteiger partial charge on any atom is 0.266 e. The number of halogens is 3. The summed E-state index contributed by atoms with van der Waals surface area (Å²) >= 11 is 6.93. The lowest BCUT2D eigenvalue weighted by Gasteiger charge is -2.13. The summed E-state index contributed by atoms with van der Waals surface area (Å²) < 4.78 is 28.5. The van der Waals surface area contributed by atoms with Crippen molar-refractivity contribution >= 4 is 34.3 Å². The van der Waals surface area contributed by atoms with E-state index in [4.69, 9.17) is 11.6 Å². The first-order chi connectivity index (χ1) is 11.5. The normalized spacial score (nSPS) is 11.0. The number of benzene rings is 2. The molecule has 24 heavy (non-hydrogen) atoms. The Balaban J connectivity index is 2.30. The number of nitrogens with zero attached hydrogens (tertiary/aromatic N) is 2. The van der Waals surface area contributed by atoms with Crippen molar-refractivity contribution in [3.63, 3.8) is 0 Å². The number of aromatic nitrogens is 2. The van der Waals surface area contributed by atoms with Crippen LogP contribution in [0.5, 0.6) is 0 Å². The molecule has 0 aliphatic carbocycles. The minimum atomic E-state index is -0.847. The van der Waals surface area contributed by atoms with Gasteiger partial charge in [0.25, 0.3) is 5.56 Å². The number of para-hydroxylation sites is 1. The second-order valence-electron chi connectivity index (χ2n) is 4.95. The first kappa shape index (κ1) is 16.7. The minimum Gasteiger partial charge on any atom is -0.268 e. The summed E-state index contributed by atoms with van der Waals surface area (Å²) in [5.74, 6) is -1.27. The molecule has 0 N–H and O–H groups in total. The molecule has 7 heteroatoms. The molecular weight excluding hydrogens is 354 g/mol. The highest BCUT2D eigenvalue weighted by molar-refractivity contribution is 7.99. The van der Waals surface area contributed by atoms with Gasteiger partial charge in [-0.1, -0.05) is 42.1 Å². The van der Waals surface area contributed by atoms with Crippen LogP contribution in [0.1, 0.15) is 0 Å². The fraction of sp³-hybridized carbons (Fsp3) is 0.0588. The van der Waals surface area contributed by atoms with Gasteiger partial charge in [0, 0.05) is 16.9 Å². The standard InChI is InChI=1S/C17H11ClF2N2OS/c1-10(18)9-24-17-21-14-5-3-2-4-12(14)16(23)22(17)15-7-6-11(19)8-13(15)20/h2-8H,1,9H2. The average Bonchev–Trinajstić information content (AvgIpc) is 2.54. The van der Waals surface area contributed by atoms with Gasteiger partial charge in [-0.05, 0) is 24.3 Å². The van der Waals surface area contributed by atoms with E-state index >= 15 is 0 Å². The van der Waals surface area contributed by atoms with E-state index < -0.39 is 17.2 Å². The van der Waals surface area contributed by atoms with Gasteiger partial charge < -0.3 is 0 Å². The number of fused-ring (bicyclic) bond motifs is 1. The molecule has 3 rings (SSSR count). The molecular formula is C17H11ClF2N2OS. The van der Waals surface area contributed by atoms with Gasteiger partial charge in [-0.25, -0.2) is 13.8 Å². The van der Waals surface area contributed by atoms with Crippen LogP contribution in [0.4, 0.5) is 8.78 Å². The lowest BCUT2D eigenvalue weighted by molar-refractivity contribution is 0.572. The summed E-state index contributed by atoms with van der Waals surface area (Å²) in [5, 5.41) is 0.967. The van der Waals surface area contributed by atoms with Gasteiger partial charge in [0.15, 0.2) is 5.16 Å². The Bertz CT molecular complexity index is 1000. The van der Waals surface area contributed by atoms with E-state index in [0.29, 0.717) is 21.7 Å². The van der Waals surface area contributed by atoms with E-state index in [9.17, 15) is 13.6 Å². The van der Waals surface area contributed by atoms with Crippen molar-refractivity contribution in [2.45, 2.75) is 5.16 Å². The topological polar surface area (TPSA) is 34.9 Å². The molecule has 2 aromatic carbocycles. The number of hydrogen-bond acceptors (Lipinski definition) is 3. The molecule has 3 nitrogen and oxygen atoms in total. The molecule has 122 valence electrons. The predicted molar refractivity (Wildman–Crippen MR) is 93.0 cm³/mol. The average molecular weight is 365 g/mol. The Morgan fingerprint density at radius 2 is 2.00 bits per heavy atom. The van der Waals surface area contributed by atoms with Gasteiger partial charge in [-0.3, -0.25) is 9.36 Å². The van der Waals surface area contributed by atoms with E-state index in [2.05, 4.69) is 11.6 Å². The number of rotatable bonds is 4. The van der Waals surface area contributed by atoms with Crippen LogP contribution < -0.4 is 5.56 Å².